The summed E-state index contributed by atoms with van der Waals surface area (Å²) in [6, 6.07) is 17.5. The fourth-order valence-corrected chi connectivity index (χ4v) is 3.61. The number of hydrogen-bond donors (Lipinski definition) is 1. The van der Waals surface area contributed by atoms with Gasteiger partial charge in [0, 0.05) is 22.7 Å². The van der Waals surface area contributed by atoms with Crippen molar-refractivity contribution in [1.29, 1.82) is 0 Å². The number of fused-ring (bicyclic) bond motifs is 1. The van der Waals surface area contributed by atoms with Gasteiger partial charge in [-0.3, -0.25) is 15.1 Å². The van der Waals surface area contributed by atoms with Crippen molar-refractivity contribution in [3.63, 3.8) is 0 Å². The van der Waals surface area contributed by atoms with Crippen LogP contribution in [0.5, 0.6) is 0 Å². The zero-order valence-electron chi connectivity index (χ0n) is 15.0. The molecule has 0 unspecified atom stereocenters. The molecule has 0 saturated carbocycles. The molecule has 0 fully saturated rings. The summed E-state index contributed by atoms with van der Waals surface area (Å²) in [6.07, 6.45) is 1.71. The maximum Gasteiger partial charge on any atom is 0.258 e. The van der Waals surface area contributed by atoms with Crippen molar-refractivity contribution in [2.75, 3.05) is 5.32 Å². The number of amides is 1. The summed E-state index contributed by atoms with van der Waals surface area (Å²) in [5, 5.41) is 13.2. The van der Waals surface area contributed by atoms with Gasteiger partial charge < -0.3 is 0 Å². The fraction of sp³-hybridized carbons (Fsp3) is 0.143. The van der Waals surface area contributed by atoms with E-state index in [1.165, 1.54) is 16.9 Å². The van der Waals surface area contributed by atoms with E-state index < -0.39 is 0 Å². The molecular weight excluding hydrogens is 356 g/mol. The van der Waals surface area contributed by atoms with E-state index in [2.05, 4.69) is 46.5 Å². The Morgan fingerprint density at radius 3 is 2.59 bits per heavy atom. The summed E-state index contributed by atoms with van der Waals surface area (Å²) in [5.74, 6) is 0.268. The molecule has 0 aliphatic rings. The molecule has 27 heavy (non-hydrogen) atoms. The second-order valence-electron chi connectivity index (χ2n) is 6.52. The van der Waals surface area contributed by atoms with Gasteiger partial charge in [0.2, 0.25) is 5.13 Å². The highest BCUT2D eigenvalue weighted by molar-refractivity contribution is 7.18. The van der Waals surface area contributed by atoms with E-state index in [9.17, 15) is 4.79 Å². The van der Waals surface area contributed by atoms with Gasteiger partial charge in [0.15, 0.2) is 0 Å². The first-order chi connectivity index (χ1) is 13.1. The number of carbonyl (C=O) groups is 1. The summed E-state index contributed by atoms with van der Waals surface area (Å²) in [6.45, 7) is 4.33. The smallest absolute Gasteiger partial charge is 0.258 e. The Hall–Kier alpha value is -3.12. The lowest BCUT2D eigenvalue weighted by molar-refractivity contribution is 0.102. The zero-order valence-corrected chi connectivity index (χ0v) is 15.8. The summed E-state index contributed by atoms with van der Waals surface area (Å²) in [7, 11) is 0. The Kier molecular flexibility index (Phi) is 4.64. The van der Waals surface area contributed by atoms with Crippen LogP contribution < -0.4 is 5.32 Å². The molecule has 0 radical (unpaired) electrons. The molecule has 0 bridgehead atoms. The van der Waals surface area contributed by atoms with Crippen LogP contribution in [0.4, 0.5) is 5.13 Å². The molecule has 1 N–H and O–H groups in total. The lowest BCUT2D eigenvalue weighted by Crippen LogP contribution is -2.12. The van der Waals surface area contributed by atoms with Gasteiger partial charge in [-0.25, -0.2) is 0 Å². The van der Waals surface area contributed by atoms with Crippen LogP contribution in [0.1, 0.15) is 35.7 Å². The second kappa shape index (κ2) is 7.25. The normalized spacial score (nSPS) is 11.1. The van der Waals surface area contributed by atoms with Gasteiger partial charge in [0.05, 0.1) is 5.52 Å². The first-order valence-corrected chi connectivity index (χ1v) is 9.52. The Labute approximate surface area is 161 Å². The van der Waals surface area contributed by atoms with Crippen molar-refractivity contribution in [2.24, 2.45) is 0 Å². The highest BCUT2D eigenvalue weighted by atomic mass is 32.1. The third-order valence-corrected chi connectivity index (χ3v) is 5.25. The van der Waals surface area contributed by atoms with Gasteiger partial charge in [-0.05, 0) is 29.7 Å². The van der Waals surface area contributed by atoms with Crippen molar-refractivity contribution >= 4 is 33.3 Å². The predicted octanol–water partition coefficient (Wildman–Crippen LogP) is 5.13. The van der Waals surface area contributed by atoms with Crippen LogP contribution in [0.15, 0.2) is 60.8 Å². The molecule has 4 rings (SSSR count). The van der Waals surface area contributed by atoms with E-state index >= 15 is 0 Å². The molecule has 134 valence electrons. The monoisotopic (exact) mass is 374 g/mol. The molecule has 0 spiro atoms. The predicted molar refractivity (Wildman–Crippen MR) is 109 cm³/mol. The standard InChI is InChI=1S/C21H18N4OS/c1-13(2)14-8-10-15(11-9-14)20-24-25-21(27-20)23-19(26)17-5-3-7-18-16(17)6-4-12-22-18/h3-13H,1-2H3,(H,23,25,26). The maximum absolute atomic E-state index is 12.7. The molecule has 4 aromatic rings. The van der Waals surface area contributed by atoms with E-state index in [1.807, 2.05) is 36.4 Å². The number of anilines is 1. The van der Waals surface area contributed by atoms with Crippen molar-refractivity contribution in [1.82, 2.24) is 15.2 Å². The lowest BCUT2D eigenvalue weighted by Gasteiger charge is -2.05. The minimum Gasteiger partial charge on any atom is -0.296 e. The third kappa shape index (κ3) is 3.57. The molecule has 5 nitrogen and oxygen atoms in total. The number of benzene rings is 2. The third-order valence-electron chi connectivity index (χ3n) is 4.36. The fourth-order valence-electron chi connectivity index (χ4n) is 2.87. The highest BCUT2D eigenvalue weighted by Gasteiger charge is 2.14. The molecular formula is C21H18N4OS. The minimum absolute atomic E-state index is 0.216. The molecule has 1 amide bonds. The van der Waals surface area contributed by atoms with Crippen LogP contribution in [0, 0.1) is 0 Å². The quantitative estimate of drug-likeness (QED) is 0.538. The van der Waals surface area contributed by atoms with Crippen LogP contribution in [-0.2, 0) is 0 Å². The van der Waals surface area contributed by atoms with Crippen molar-refractivity contribution in [3.8, 4) is 10.6 Å². The minimum atomic E-state index is -0.216. The summed E-state index contributed by atoms with van der Waals surface area (Å²) in [4.78, 5) is 17.0. The van der Waals surface area contributed by atoms with Crippen LogP contribution in [0.2, 0.25) is 0 Å². The van der Waals surface area contributed by atoms with Gasteiger partial charge >= 0.3 is 0 Å². The molecule has 2 aromatic carbocycles. The molecule has 6 heteroatoms. The van der Waals surface area contributed by atoms with E-state index in [0.29, 0.717) is 16.6 Å². The van der Waals surface area contributed by atoms with E-state index in [4.69, 9.17) is 0 Å². The van der Waals surface area contributed by atoms with Crippen LogP contribution >= 0.6 is 11.3 Å². The molecule has 0 atom stereocenters. The van der Waals surface area contributed by atoms with Gasteiger partial charge in [0.25, 0.3) is 5.91 Å². The maximum atomic E-state index is 12.7. The summed E-state index contributed by atoms with van der Waals surface area (Å²) < 4.78 is 0. The number of hydrogen-bond acceptors (Lipinski definition) is 5. The second-order valence-corrected chi connectivity index (χ2v) is 7.50. The average molecular weight is 374 g/mol. The SMILES string of the molecule is CC(C)c1ccc(-c2nnc(NC(=O)c3cccc4ncccc34)s2)cc1. The van der Waals surface area contributed by atoms with Crippen molar-refractivity contribution in [2.45, 2.75) is 19.8 Å². The van der Waals surface area contributed by atoms with E-state index in [-0.39, 0.29) is 5.91 Å². The Bertz CT molecular complexity index is 1100. The first-order valence-electron chi connectivity index (χ1n) is 8.71. The molecule has 2 aromatic heterocycles. The van der Waals surface area contributed by atoms with E-state index in [0.717, 1.165) is 21.5 Å². The van der Waals surface area contributed by atoms with Crippen molar-refractivity contribution in [3.05, 3.63) is 71.9 Å². The highest BCUT2D eigenvalue weighted by Crippen LogP contribution is 2.28. The zero-order chi connectivity index (χ0) is 18.8. The molecule has 0 saturated heterocycles. The Morgan fingerprint density at radius 1 is 1.00 bits per heavy atom. The number of carbonyl (C=O) groups excluding carboxylic acids is 1. The number of rotatable bonds is 4. The summed E-state index contributed by atoms with van der Waals surface area (Å²) >= 11 is 1.36. The van der Waals surface area contributed by atoms with Gasteiger partial charge in [0.1, 0.15) is 5.01 Å². The molecule has 2 heterocycles. The number of aromatic nitrogens is 3. The number of nitrogens with one attached hydrogen (secondary N) is 1. The summed E-state index contributed by atoms with van der Waals surface area (Å²) in [5.41, 5.74) is 3.63. The first kappa shape index (κ1) is 17.3. The number of nitrogens with zero attached hydrogens (tertiary/aromatic N) is 3. The molecule has 0 aliphatic carbocycles. The Balaban J connectivity index is 1.56. The van der Waals surface area contributed by atoms with Crippen LogP contribution in [0.3, 0.4) is 0 Å². The van der Waals surface area contributed by atoms with Crippen molar-refractivity contribution < 1.29 is 4.79 Å². The van der Waals surface area contributed by atoms with Gasteiger partial charge in [-0.15, -0.1) is 10.2 Å². The average Bonchev–Trinajstić information content (AvgIpc) is 3.16. The largest absolute Gasteiger partial charge is 0.296 e. The van der Waals surface area contributed by atoms with Gasteiger partial charge in [-0.1, -0.05) is 61.6 Å². The van der Waals surface area contributed by atoms with Crippen LogP contribution in [0.25, 0.3) is 21.5 Å². The number of pyridine rings is 1. The molecule has 0 aliphatic heterocycles. The van der Waals surface area contributed by atoms with E-state index in [1.54, 1.807) is 12.3 Å². The topological polar surface area (TPSA) is 67.8 Å². The van der Waals surface area contributed by atoms with Crippen LogP contribution in [-0.4, -0.2) is 21.1 Å². The van der Waals surface area contributed by atoms with Gasteiger partial charge in [-0.2, -0.15) is 0 Å². The lowest BCUT2D eigenvalue weighted by atomic mass is 10.0. The Morgan fingerprint density at radius 2 is 1.81 bits per heavy atom.